The summed E-state index contributed by atoms with van der Waals surface area (Å²) in [6.45, 7) is 6.78. The molecule has 1 amide bonds. The second-order valence-corrected chi connectivity index (χ2v) is 10.4. The summed E-state index contributed by atoms with van der Waals surface area (Å²) in [6, 6.07) is 7.96. The van der Waals surface area contributed by atoms with Crippen LogP contribution in [-0.2, 0) is 5.54 Å². The number of hydrogen-bond acceptors (Lipinski definition) is 6. The van der Waals surface area contributed by atoms with Gasteiger partial charge in [0.15, 0.2) is 0 Å². The van der Waals surface area contributed by atoms with Crippen molar-refractivity contribution < 1.29 is 4.79 Å². The van der Waals surface area contributed by atoms with Crippen LogP contribution in [0.5, 0.6) is 0 Å². The van der Waals surface area contributed by atoms with Gasteiger partial charge in [0.2, 0.25) is 0 Å². The summed E-state index contributed by atoms with van der Waals surface area (Å²) in [5.74, 6) is 0.619. The van der Waals surface area contributed by atoms with Crippen molar-refractivity contribution in [1.82, 2.24) is 24.8 Å². The molecule has 6 heterocycles. The Balaban J connectivity index is 1.27. The number of nitrogens with zero attached hydrogens (tertiary/aromatic N) is 3. The SMILES string of the molecule is CN1[C@@H]2CN[C@H](C2)C1(C)c1ccc2c(C(=O)N[C@@H]3CN4CCC3CC4)nsc2c1. The first kappa shape index (κ1) is 18.2. The van der Waals surface area contributed by atoms with Crippen molar-refractivity contribution in [3.05, 3.63) is 29.5 Å². The summed E-state index contributed by atoms with van der Waals surface area (Å²) in [7, 11) is 2.25. The molecule has 0 aliphatic carbocycles. The summed E-state index contributed by atoms with van der Waals surface area (Å²) in [5, 5.41) is 7.97. The van der Waals surface area contributed by atoms with E-state index in [0.717, 1.165) is 23.2 Å². The van der Waals surface area contributed by atoms with Gasteiger partial charge < -0.3 is 15.5 Å². The molecule has 5 aliphatic rings. The summed E-state index contributed by atoms with van der Waals surface area (Å²) in [6.07, 6.45) is 3.61. The van der Waals surface area contributed by atoms with Crippen molar-refractivity contribution in [2.24, 2.45) is 5.92 Å². The third-order valence-electron chi connectivity index (χ3n) is 8.31. The van der Waals surface area contributed by atoms with E-state index in [1.165, 1.54) is 49.4 Å². The molecule has 2 aromatic rings. The van der Waals surface area contributed by atoms with E-state index in [1.807, 2.05) is 0 Å². The zero-order chi connectivity index (χ0) is 19.8. The molecule has 154 valence electrons. The van der Waals surface area contributed by atoms with Crippen LogP contribution in [0.25, 0.3) is 10.1 Å². The highest BCUT2D eigenvalue weighted by Crippen LogP contribution is 2.45. The van der Waals surface area contributed by atoms with Gasteiger partial charge >= 0.3 is 0 Å². The van der Waals surface area contributed by atoms with Crippen LogP contribution >= 0.6 is 11.5 Å². The van der Waals surface area contributed by atoms with Crippen molar-refractivity contribution in [3.63, 3.8) is 0 Å². The maximum Gasteiger partial charge on any atom is 0.271 e. The first-order valence-electron chi connectivity index (χ1n) is 10.9. The van der Waals surface area contributed by atoms with Gasteiger partial charge in [-0.1, -0.05) is 12.1 Å². The maximum absolute atomic E-state index is 13.0. The fourth-order valence-electron chi connectivity index (χ4n) is 6.25. The molecule has 4 atom stereocenters. The minimum Gasteiger partial charge on any atom is -0.346 e. The monoisotopic (exact) mass is 411 g/mol. The molecule has 0 radical (unpaired) electrons. The second kappa shape index (κ2) is 6.48. The van der Waals surface area contributed by atoms with E-state index in [2.05, 4.69) is 57.0 Å². The van der Waals surface area contributed by atoms with Gasteiger partial charge in [0.05, 0.1) is 10.2 Å². The van der Waals surface area contributed by atoms with Gasteiger partial charge in [-0.3, -0.25) is 9.69 Å². The van der Waals surface area contributed by atoms with Crippen LogP contribution in [0.3, 0.4) is 0 Å². The molecule has 1 aromatic heterocycles. The van der Waals surface area contributed by atoms with Crippen LogP contribution < -0.4 is 10.6 Å². The van der Waals surface area contributed by atoms with E-state index in [0.29, 0.717) is 23.7 Å². The number of carbonyl (C=O) groups is 1. The van der Waals surface area contributed by atoms with E-state index in [4.69, 9.17) is 0 Å². The van der Waals surface area contributed by atoms with E-state index in [9.17, 15) is 4.79 Å². The highest BCUT2D eigenvalue weighted by atomic mass is 32.1. The average Bonchev–Trinajstić information content (AvgIpc) is 3.45. The summed E-state index contributed by atoms with van der Waals surface area (Å²) in [4.78, 5) is 18.0. The first-order chi connectivity index (χ1) is 14.0. The van der Waals surface area contributed by atoms with Crippen molar-refractivity contribution in [3.8, 4) is 0 Å². The zero-order valence-corrected chi connectivity index (χ0v) is 18.0. The predicted molar refractivity (Wildman–Crippen MR) is 115 cm³/mol. The quantitative estimate of drug-likeness (QED) is 0.809. The molecule has 0 spiro atoms. The van der Waals surface area contributed by atoms with Gasteiger partial charge in [0, 0.05) is 36.6 Å². The molecule has 4 bridgehead atoms. The number of aromatic nitrogens is 1. The Kier molecular flexibility index (Phi) is 4.08. The minimum absolute atomic E-state index is 0.000696. The van der Waals surface area contributed by atoms with Gasteiger partial charge in [-0.05, 0) is 75.4 Å². The molecule has 6 nitrogen and oxygen atoms in total. The summed E-state index contributed by atoms with van der Waals surface area (Å²) >= 11 is 1.45. The van der Waals surface area contributed by atoms with Crippen LogP contribution in [0.2, 0.25) is 0 Å². The number of hydrogen-bond donors (Lipinski definition) is 2. The lowest BCUT2D eigenvalue weighted by Crippen LogP contribution is -2.57. The van der Waals surface area contributed by atoms with Gasteiger partial charge in [-0.2, -0.15) is 4.37 Å². The lowest BCUT2D eigenvalue weighted by molar-refractivity contribution is 0.0619. The molecule has 2 N–H and O–H groups in total. The third kappa shape index (κ3) is 2.64. The summed E-state index contributed by atoms with van der Waals surface area (Å²) < 4.78 is 5.68. The van der Waals surface area contributed by atoms with Crippen molar-refractivity contribution in [2.75, 3.05) is 33.2 Å². The topological polar surface area (TPSA) is 60.5 Å². The Morgan fingerprint density at radius 3 is 2.86 bits per heavy atom. The number of fused-ring (bicyclic) bond motifs is 6. The Labute approximate surface area is 175 Å². The lowest BCUT2D eigenvalue weighted by Gasteiger charge is -2.44. The van der Waals surface area contributed by atoms with Crippen LogP contribution in [0.4, 0.5) is 0 Å². The lowest BCUT2D eigenvalue weighted by atomic mass is 9.84. The fraction of sp³-hybridized carbons (Fsp3) is 0.636. The second-order valence-electron chi connectivity index (χ2n) is 9.57. The number of rotatable bonds is 3. The Morgan fingerprint density at radius 1 is 1.34 bits per heavy atom. The molecule has 5 fully saturated rings. The number of carbonyl (C=O) groups excluding carboxylic acids is 1. The van der Waals surface area contributed by atoms with Gasteiger partial charge in [-0.15, -0.1) is 0 Å². The molecule has 5 aliphatic heterocycles. The van der Waals surface area contributed by atoms with Crippen LogP contribution in [0.1, 0.15) is 42.2 Å². The van der Waals surface area contributed by atoms with Crippen molar-refractivity contribution in [2.45, 2.75) is 49.9 Å². The number of amides is 1. The van der Waals surface area contributed by atoms with Crippen molar-refractivity contribution >= 4 is 27.5 Å². The number of likely N-dealkylation sites (tertiary alicyclic amines) is 1. The van der Waals surface area contributed by atoms with E-state index < -0.39 is 0 Å². The molecule has 0 saturated carbocycles. The average molecular weight is 412 g/mol. The number of likely N-dealkylation sites (N-methyl/N-ethyl adjacent to an activating group) is 1. The predicted octanol–water partition coefficient (Wildman–Crippen LogP) is 2.01. The largest absolute Gasteiger partial charge is 0.346 e. The van der Waals surface area contributed by atoms with E-state index in [1.54, 1.807) is 0 Å². The van der Waals surface area contributed by atoms with E-state index in [-0.39, 0.29) is 17.5 Å². The Bertz CT molecular complexity index is 963. The highest BCUT2D eigenvalue weighted by molar-refractivity contribution is 7.13. The smallest absolute Gasteiger partial charge is 0.271 e. The van der Waals surface area contributed by atoms with Crippen LogP contribution in [0.15, 0.2) is 18.2 Å². The Hall–Kier alpha value is -1.54. The first-order valence-corrected chi connectivity index (χ1v) is 11.7. The van der Waals surface area contributed by atoms with Crippen LogP contribution in [-0.4, -0.2) is 71.4 Å². The number of nitrogens with one attached hydrogen (secondary N) is 2. The minimum atomic E-state index is -0.00679. The fourth-order valence-corrected chi connectivity index (χ4v) is 7.07. The summed E-state index contributed by atoms with van der Waals surface area (Å²) in [5.41, 5.74) is 1.91. The van der Waals surface area contributed by atoms with Gasteiger partial charge in [0.1, 0.15) is 5.69 Å². The molecule has 7 rings (SSSR count). The number of piperazine rings is 1. The molecule has 29 heavy (non-hydrogen) atoms. The zero-order valence-electron chi connectivity index (χ0n) is 17.1. The van der Waals surface area contributed by atoms with E-state index >= 15 is 0 Å². The molecule has 1 aromatic carbocycles. The number of benzene rings is 1. The van der Waals surface area contributed by atoms with Gasteiger partial charge in [0.25, 0.3) is 5.91 Å². The molecule has 1 unspecified atom stereocenters. The number of piperidine rings is 3. The highest BCUT2D eigenvalue weighted by Gasteiger charge is 2.53. The normalized spacial score (nSPS) is 38.8. The molecular formula is C22H29N5OS. The maximum atomic E-state index is 13.0. The van der Waals surface area contributed by atoms with Gasteiger partial charge in [-0.25, -0.2) is 0 Å². The standard InChI is InChI=1S/C22H29N5OS/c1-22(19-10-15(11-23-19)26(22)2)14-3-4-16-18(9-14)29-25-20(16)21(28)24-17-12-27-7-5-13(17)6-8-27/h3-4,9,13,15,17,19,23H,5-8,10-12H2,1-2H3,(H,24,28)/t15-,17+,19+,22?/m0/s1. The van der Waals surface area contributed by atoms with Crippen LogP contribution in [0, 0.1) is 5.92 Å². The Morgan fingerprint density at radius 2 is 2.17 bits per heavy atom. The van der Waals surface area contributed by atoms with Crippen molar-refractivity contribution in [1.29, 1.82) is 0 Å². The third-order valence-corrected chi connectivity index (χ3v) is 9.12. The molecule has 7 heteroatoms. The molecular weight excluding hydrogens is 382 g/mol. The molecule has 5 saturated heterocycles.